The van der Waals surface area contributed by atoms with E-state index in [4.69, 9.17) is 10.00 Å². The fourth-order valence-corrected chi connectivity index (χ4v) is 1.04. The van der Waals surface area contributed by atoms with Crippen molar-refractivity contribution in [1.82, 2.24) is 4.98 Å². The Morgan fingerprint density at radius 2 is 2.42 bits per heavy atom. The van der Waals surface area contributed by atoms with Gasteiger partial charge in [0.15, 0.2) is 0 Å². The Morgan fingerprint density at radius 1 is 1.67 bits per heavy atom. The van der Waals surface area contributed by atoms with E-state index in [9.17, 15) is 0 Å². The molecule has 1 aromatic rings. The van der Waals surface area contributed by atoms with E-state index in [-0.39, 0.29) is 0 Å². The van der Waals surface area contributed by atoms with E-state index in [1.54, 1.807) is 19.4 Å². The zero-order valence-electron chi connectivity index (χ0n) is 7.16. The lowest BCUT2D eigenvalue weighted by Crippen LogP contribution is -1.96. The van der Waals surface area contributed by atoms with Gasteiger partial charge in [0.05, 0.1) is 12.8 Å². The predicted octanol–water partition coefficient (Wildman–Crippen LogP) is 1.52. The van der Waals surface area contributed by atoms with Crippen molar-refractivity contribution in [2.75, 3.05) is 7.11 Å². The molecular formula is C9H10N2O. The molecule has 1 rings (SSSR count). The summed E-state index contributed by atoms with van der Waals surface area (Å²) in [5, 5.41) is 8.79. The first kappa shape index (κ1) is 8.54. The van der Waals surface area contributed by atoms with Crippen molar-refractivity contribution in [3.8, 4) is 11.8 Å². The maximum absolute atomic E-state index is 8.79. The van der Waals surface area contributed by atoms with Gasteiger partial charge in [-0.2, -0.15) is 5.26 Å². The highest BCUT2D eigenvalue weighted by atomic mass is 16.5. The van der Waals surface area contributed by atoms with Gasteiger partial charge in [-0.1, -0.05) is 6.92 Å². The van der Waals surface area contributed by atoms with Crippen LogP contribution in [0.15, 0.2) is 12.3 Å². The van der Waals surface area contributed by atoms with Crippen LogP contribution in [-0.2, 0) is 6.42 Å². The minimum atomic E-state index is 0.544. The molecule has 0 atom stereocenters. The number of methoxy groups -OCH3 is 1. The predicted molar refractivity (Wildman–Crippen MR) is 44.9 cm³/mol. The number of nitrogens with zero attached hydrogens (tertiary/aromatic N) is 2. The molecule has 0 fully saturated rings. The second-order valence-electron chi connectivity index (χ2n) is 2.30. The summed E-state index contributed by atoms with van der Waals surface area (Å²) in [6.45, 7) is 1.96. The van der Waals surface area contributed by atoms with Gasteiger partial charge in [0.1, 0.15) is 17.4 Å². The Labute approximate surface area is 71.6 Å². The summed E-state index contributed by atoms with van der Waals surface area (Å²) < 4.78 is 5.02. The lowest BCUT2D eigenvalue weighted by atomic mass is 10.1. The summed E-state index contributed by atoms with van der Waals surface area (Å²) >= 11 is 0. The van der Waals surface area contributed by atoms with Gasteiger partial charge in [-0.05, 0) is 12.5 Å². The third-order valence-electron chi connectivity index (χ3n) is 1.66. The molecule has 0 radical (unpaired) electrons. The van der Waals surface area contributed by atoms with Gasteiger partial charge in [-0.15, -0.1) is 0 Å². The molecule has 0 aliphatic rings. The van der Waals surface area contributed by atoms with Crippen LogP contribution >= 0.6 is 0 Å². The van der Waals surface area contributed by atoms with E-state index in [2.05, 4.69) is 11.1 Å². The van der Waals surface area contributed by atoms with Crippen molar-refractivity contribution >= 4 is 0 Å². The molecular weight excluding hydrogens is 152 g/mol. The van der Waals surface area contributed by atoms with E-state index in [1.165, 1.54) is 0 Å². The molecule has 3 heteroatoms. The molecule has 0 unspecified atom stereocenters. The largest absolute Gasteiger partial charge is 0.495 e. The molecule has 12 heavy (non-hydrogen) atoms. The summed E-state index contributed by atoms with van der Waals surface area (Å²) in [7, 11) is 1.55. The molecule has 1 aromatic heterocycles. The number of hydrogen-bond acceptors (Lipinski definition) is 3. The molecule has 62 valence electrons. The van der Waals surface area contributed by atoms with Crippen LogP contribution in [0.3, 0.4) is 0 Å². The Kier molecular flexibility index (Phi) is 2.65. The normalized spacial score (nSPS) is 9.08. The van der Waals surface area contributed by atoms with Gasteiger partial charge >= 0.3 is 0 Å². The van der Waals surface area contributed by atoms with E-state index < -0.39 is 0 Å². The molecule has 0 aliphatic heterocycles. The zero-order valence-corrected chi connectivity index (χ0v) is 7.16. The number of rotatable bonds is 2. The van der Waals surface area contributed by atoms with Crippen molar-refractivity contribution in [3.63, 3.8) is 0 Å². The van der Waals surface area contributed by atoms with Gasteiger partial charge in [0.25, 0.3) is 0 Å². The van der Waals surface area contributed by atoms with Crippen LogP contribution in [0.1, 0.15) is 18.2 Å². The zero-order chi connectivity index (χ0) is 8.97. The number of hydrogen-bond donors (Lipinski definition) is 0. The van der Waals surface area contributed by atoms with Gasteiger partial charge in [0.2, 0.25) is 0 Å². The van der Waals surface area contributed by atoms with Crippen molar-refractivity contribution in [2.24, 2.45) is 0 Å². The van der Waals surface area contributed by atoms with Gasteiger partial charge in [-0.3, -0.25) is 4.98 Å². The molecule has 0 bridgehead atoms. The number of ether oxygens (including phenoxy) is 1. The molecule has 0 spiro atoms. The van der Waals surface area contributed by atoms with Crippen LogP contribution in [0.4, 0.5) is 0 Å². The number of pyridine rings is 1. The summed E-state index contributed by atoms with van der Waals surface area (Å²) in [6.07, 6.45) is 2.40. The van der Waals surface area contributed by atoms with E-state index in [1.807, 2.05) is 6.92 Å². The lowest BCUT2D eigenvalue weighted by Gasteiger charge is -2.04. The average Bonchev–Trinajstić information content (AvgIpc) is 2.16. The first-order valence-electron chi connectivity index (χ1n) is 3.75. The van der Waals surface area contributed by atoms with Crippen molar-refractivity contribution in [1.29, 1.82) is 5.26 Å². The standard InChI is InChI=1S/C9H10N2O/c1-3-8-7(6-10)9(12-2)4-5-11-8/h4-5H,3H2,1-2H3. The van der Waals surface area contributed by atoms with Gasteiger partial charge < -0.3 is 4.74 Å². The minimum Gasteiger partial charge on any atom is -0.495 e. The fourth-order valence-electron chi connectivity index (χ4n) is 1.04. The quantitative estimate of drug-likeness (QED) is 0.662. The van der Waals surface area contributed by atoms with Crippen LogP contribution < -0.4 is 4.74 Å². The molecule has 3 nitrogen and oxygen atoms in total. The third-order valence-corrected chi connectivity index (χ3v) is 1.66. The fraction of sp³-hybridized carbons (Fsp3) is 0.333. The minimum absolute atomic E-state index is 0.544. The summed E-state index contributed by atoms with van der Waals surface area (Å²) in [4.78, 5) is 4.07. The second-order valence-corrected chi connectivity index (χ2v) is 2.30. The Morgan fingerprint density at radius 3 is 2.92 bits per heavy atom. The van der Waals surface area contributed by atoms with Crippen LogP contribution in [0.25, 0.3) is 0 Å². The number of nitriles is 1. The summed E-state index contributed by atoms with van der Waals surface area (Å²) in [5.41, 5.74) is 1.33. The molecule has 0 aliphatic carbocycles. The van der Waals surface area contributed by atoms with Crippen LogP contribution in [-0.4, -0.2) is 12.1 Å². The van der Waals surface area contributed by atoms with Gasteiger partial charge in [0, 0.05) is 6.20 Å². The number of aryl methyl sites for hydroxylation is 1. The highest BCUT2D eigenvalue weighted by Gasteiger charge is 2.06. The Hall–Kier alpha value is -1.56. The Balaban J connectivity index is 3.25. The highest BCUT2D eigenvalue weighted by molar-refractivity contribution is 5.45. The lowest BCUT2D eigenvalue weighted by molar-refractivity contribution is 0.412. The first-order valence-corrected chi connectivity index (χ1v) is 3.75. The van der Waals surface area contributed by atoms with Crippen molar-refractivity contribution in [3.05, 3.63) is 23.5 Å². The van der Waals surface area contributed by atoms with E-state index >= 15 is 0 Å². The molecule has 0 saturated heterocycles. The van der Waals surface area contributed by atoms with Crippen LogP contribution in [0.2, 0.25) is 0 Å². The second kappa shape index (κ2) is 3.72. The SMILES string of the molecule is CCc1nccc(OC)c1C#N. The molecule has 0 amide bonds. The van der Waals surface area contributed by atoms with Crippen molar-refractivity contribution < 1.29 is 4.74 Å². The van der Waals surface area contributed by atoms with Crippen LogP contribution in [0.5, 0.6) is 5.75 Å². The molecule has 1 heterocycles. The van der Waals surface area contributed by atoms with Crippen LogP contribution in [0, 0.1) is 11.3 Å². The maximum Gasteiger partial charge on any atom is 0.140 e. The molecule has 0 N–H and O–H groups in total. The summed E-state index contributed by atoms with van der Waals surface area (Å²) in [5.74, 6) is 0.601. The highest BCUT2D eigenvalue weighted by Crippen LogP contribution is 2.18. The first-order chi connectivity index (χ1) is 5.83. The smallest absolute Gasteiger partial charge is 0.140 e. The summed E-state index contributed by atoms with van der Waals surface area (Å²) in [6, 6.07) is 3.77. The average molecular weight is 162 g/mol. The maximum atomic E-state index is 8.79. The third kappa shape index (κ3) is 1.37. The van der Waals surface area contributed by atoms with E-state index in [0.29, 0.717) is 11.3 Å². The molecule has 0 aromatic carbocycles. The Bertz CT molecular complexity index is 293. The monoisotopic (exact) mass is 162 g/mol. The molecule has 0 saturated carbocycles. The van der Waals surface area contributed by atoms with E-state index in [0.717, 1.165) is 12.1 Å². The number of aromatic nitrogens is 1. The topological polar surface area (TPSA) is 45.9 Å². The van der Waals surface area contributed by atoms with Crippen molar-refractivity contribution in [2.45, 2.75) is 13.3 Å². The van der Waals surface area contributed by atoms with Gasteiger partial charge in [-0.25, -0.2) is 0 Å².